The van der Waals surface area contributed by atoms with Crippen LogP contribution in [0.2, 0.25) is 5.02 Å². The number of carbonyl (C=O) groups excluding carboxylic acids is 2. The first-order chi connectivity index (χ1) is 8.02. The predicted octanol–water partition coefficient (Wildman–Crippen LogP) is 1.65. The van der Waals surface area contributed by atoms with E-state index in [4.69, 9.17) is 11.6 Å². The van der Waals surface area contributed by atoms with Gasteiger partial charge in [-0.3, -0.25) is 9.59 Å². The van der Waals surface area contributed by atoms with E-state index in [-0.39, 0.29) is 24.3 Å². The fourth-order valence-corrected chi connectivity index (χ4v) is 1.61. The molecule has 1 unspecified atom stereocenters. The highest BCUT2D eigenvalue weighted by Crippen LogP contribution is 2.19. The number of hydrogen-bond donors (Lipinski definition) is 2. The molecule has 0 bridgehead atoms. The fraction of sp³-hybridized carbons (Fsp3) is 0.333. The highest BCUT2D eigenvalue weighted by Gasteiger charge is 2.16. The number of benzene rings is 1. The number of halogens is 1. The molecule has 5 heteroatoms. The van der Waals surface area contributed by atoms with Crippen molar-refractivity contribution in [2.75, 3.05) is 7.05 Å². The molecular formula is C12H15ClN2O2. The molecule has 0 saturated carbocycles. The zero-order valence-corrected chi connectivity index (χ0v) is 10.5. The van der Waals surface area contributed by atoms with Crippen molar-refractivity contribution in [1.82, 2.24) is 10.6 Å². The first-order valence-electron chi connectivity index (χ1n) is 5.26. The highest BCUT2D eigenvalue weighted by atomic mass is 35.5. The van der Waals surface area contributed by atoms with Gasteiger partial charge in [0, 0.05) is 19.0 Å². The summed E-state index contributed by atoms with van der Waals surface area (Å²) < 4.78 is 0. The second kappa shape index (κ2) is 6.25. The molecule has 1 aromatic carbocycles. The quantitative estimate of drug-likeness (QED) is 0.859. The lowest BCUT2D eigenvalue weighted by atomic mass is 10.0. The minimum atomic E-state index is -0.329. The fourth-order valence-electron chi connectivity index (χ4n) is 1.48. The van der Waals surface area contributed by atoms with Gasteiger partial charge < -0.3 is 10.6 Å². The number of hydrogen-bond acceptors (Lipinski definition) is 2. The van der Waals surface area contributed by atoms with Gasteiger partial charge >= 0.3 is 0 Å². The zero-order chi connectivity index (χ0) is 12.8. The number of amides is 2. The lowest BCUT2D eigenvalue weighted by molar-refractivity contribution is -0.122. The van der Waals surface area contributed by atoms with Gasteiger partial charge in [-0.25, -0.2) is 0 Å². The predicted molar refractivity (Wildman–Crippen MR) is 66.7 cm³/mol. The van der Waals surface area contributed by atoms with Crippen LogP contribution in [0.4, 0.5) is 0 Å². The highest BCUT2D eigenvalue weighted by molar-refractivity contribution is 6.30. The Balaban J connectivity index is 2.85. The van der Waals surface area contributed by atoms with E-state index in [1.54, 1.807) is 31.3 Å². The van der Waals surface area contributed by atoms with Gasteiger partial charge in [0.15, 0.2) is 0 Å². The molecule has 2 amide bonds. The van der Waals surface area contributed by atoms with E-state index in [2.05, 4.69) is 10.6 Å². The summed E-state index contributed by atoms with van der Waals surface area (Å²) in [5.41, 5.74) is 0.855. The van der Waals surface area contributed by atoms with E-state index in [1.165, 1.54) is 6.92 Å². The molecule has 0 aliphatic heterocycles. The Kier molecular flexibility index (Phi) is 4.97. The van der Waals surface area contributed by atoms with E-state index in [0.717, 1.165) is 5.56 Å². The van der Waals surface area contributed by atoms with Crippen LogP contribution in [0.5, 0.6) is 0 Å². The molecule has 1 aromatic rings. The molecule has 0 radical (unpaired) electrons. The number of nitrogens with one attached hydrogen (secondary N) is 2. The topological polar surface area (TPSA) is 58.2 Å². The molecule has 2 N–H and O–H groups in total. The largest absolute Gasteiger partial charge is 0.359 e. The van der Waals surface area contributed by atoms with E-state index < -0.39 is 0 Å². The van der Waals surface area contributed by atoms with Crippen molar-refractivity contribution in [1.29, 1.82) is 0 Å². The molecule has 0 spiro atoms. The van der Waals surface area contributed by atoms with Gasteiger partial charge in [-0.15, -0.1) is 0 Å². The van der Waals surface area contributed by atoms with Crippen LogP contribution in [0, 0.1) is 0 Å². The maximum Gasteiger partial charge on any atom is 0.222 e. The Morgan fingerprint density at radius 2 is 1.88 bits per heavy atom. The van der Waals surface area contributed by atoms with Crippen molar-refractivity contribution in [3.8, 4) is 0 Å². The summed E-state index contributed by atoms with van der Waals surface area (Å²) in [5, 5.41) is 5.89. The van der Waals surface area contributed by atoms with Gasteiger partial charge in [-0.1, -0.05) is 23.7 Å². The summed E-state index contributed by atoms with van der Waals surface area (Å²) in [7, 11) is 1.56. The standard InChI is InChI=1S/C12H15ClN2O2/c1-8(16)15-11(7-12(17)14-2)9-3-5-10(13)6-4-9/h3-6,11H,7H2,1-2H3,(H,14,17)(H,15,16). The summed E-state index contributed by atoms with van der Waals surface area (Å²) in [6.07, 6.45) is 0.206. The van der Waals surface area contributed by atoms with Gasteiger partial charge in [0.2, 0.25) is 11.8 Å². The van der Waals surface area contributed by atoms with Crippen LogP contribution < -0.4 is 10.6 Å². The van der Waals surface area contributed by atoms with Gasteiger partial charge in [-0.05, 0) is 17.7 Å². The molecule has 0 aromatic heterocycles. The molecule has 0 aliphatic carbocycles. The van der Waals surface area contributed by atoms with Gasteiger partial charge in [0.1, 0.15) is 0 Å². The smallest absolute Gasteiger partial charge is 0.222 e. The Morgan fingerprint density at radius 1 is 1.29 bits per heavy atom. The number of carbonyl (C=O) groups is 2. The van der Waals surface area contributed by atoms with Crippen molar-refractivity contribution >= 4 is 23.4 Å². The van der Waals surface area contributed by atoms with Gasteiger partial charge in [0.05, 0.1) is 12.5 Å². The summed E-state index contributed by atoms with van der Waals surface area (Å²) >= 11 is 5.79. The van der Waals surface area contributed by atoms with Gasteiger partial charge in [-0.2, -0.15) is 0 Å². The van der Waals surface area contributed by atoms with Crippen LogP contribution in [0.15, 0.2) is 24.3 Å². The first-order valence-corrected chi connectivity index (χ1v) is 5.64. The minimum Gasteiger partial charge on any atom is -0.359 e. The molecule has 0 fully saturated rings. The first kappa shape index (κ1) is 13.5. The summed E-state index contributed by atoms with van der Waals surface area (Å²) in [6.45, 7) is 1.42. The molecule has 92 valence electrons. The molecule has 17 heavy (non-hydrogen) atoms. The summed E-state index contributed by atoms with van der Waals surface area (Å²) in [4.78, 5) is 22.5. The minimum absolute atomic E-state index is 0.126. The van der Waals surface area contributed by atoms with Crippen molar-refractivity contribution < 1.29 is 9.59 Å². The second-order valence-corrected chi connectivity index (χ2v) is 4.12. The molecule has 0 heterocycles. The molecular weight excluding hydrogens is 240 g/mol. The molecule has 4 nitrogen and oxygen atoms in total. The normalized spacial score (nSPS) is 11.7. The van der Waals surface area contributed by atoms with Crippen LogP contribution in [-0.2, 0) is 9.59 Å². The van der Waals surface area contributed by atoms with E-state index in [1.807, 2.05) is 0 Å². The van der Waals surface area contributed by atoms with Crippen molar-refractivity contribution in [2.24, 2.45) is 0 Å². The Labute approximate surface area is 105 Å². The third-order valence-corrected chi connectivity index (χ3v) is 2.57. The van der Waals surface area contributed by atoms with E-state index in [0.29, 0.717) is 5.02 Å². The van der Waals surface area contributed by atoms with E-state index in [9.17, 15) is 9.59 Å². The van der Waals surface area contributed by atoms with Crippen molar-refractivity contribution in [3.63, 3.8) is 0 Å². The van der Waals surface area contributed by atoms with Crippen LogP contribution >= 0.6 is 11.6 Å². The summed E-state index contributed by atoms with van der Waals surface area (Å²) in [5.74, 6) is -0.299. The third kappa shape index (κ3) is 4.44. The van der Waals surface area contributed by atoms with Gasteiger partial charge in [0.25, 0.3) is 0 Å². The second-order valence-electron chi connectivity index (χ2n) is 3.68. The van der Waals surface area contributed by atoms with Crippen LogP contribution in [0.3, 0.4) is 0 Å². The average Bonchev–Trinajstić information content (AvgIpc) is 2.28. The van der Waals surface area contributed by atoms with E-state index >= 15 is 0 Å². The molecule has 1 atom stereocenters. The molecule has 1 rings (SSSR count). The Hall–Kier alpha value is -1.55. The molecule has 0 saturated heterocycles. The lowest BCUT2D eigenvalue weighted by Gasteiger charge is -2.17. The third-order valence-electron chi connectivity index (χ3n) is 2.32. The Morgan fingerprint density at radius 3 is 2.35 bits per heavy atom. The zero-order valence-electron chi connectivity index (χ0n) is 9.79. The lowest BCUT2D eigenvalue weighted by Crippen LogP contribution is -2.31. The molecule has 0 aliphatic rings. The number of rotatable bonds is 4. The maximum atomic E-state index is 11.4. The van der Waals surface area contributed by atoms with Crippen LogP contribution in [-0.4, -0.2) is 18.9 Å². The summed E-state index contributed by atoms with van der Waals surface area (Å²) in [6, 6.07) is 6.73. The van der Waals surface area contributed by atoms with Crippen LogP contribution in [0.1, 0.15) is 24.9 Å². The monoisotopic (exact) mass is 254 g/mol. The van der Waals surface area contributed by atoms with Crippen molar-refractivity contribution in [2.45, 2.75) is 19.4 Å². The average molecular weight is 255 g/mol. The van der Waals surface area contributed by atoms with Crippen LogP contribution in [0.25, 0.3) is 0 Å². The Bertz CT molecular complexity index is 403. The SMILES string of the molecule is CNC(=O)CC(NC(C)=O)c1ccc(Cl)cc1. The maximum absolute atomic E-state index is 11.4. The van der Waals surface area contributed by atoms with Crippen molar-refractivity contribution in [3.05, 3.63) is 34.9 Å².